The second-order valence-electron chi connectivity index (χ2n) is 6.26. The minimum absolute atomic E-state index is 0.167. The van der Waals surface area contributed by atoms with E-state index in [1.165, 1.54) is 0 Å². The van der Waals surface area contributed by atoms with E-state index in [2.05, 4.69) is 30.4 Å². The topological polar surface area (TPSA) is 116 Å². The third kappa shape index (κ3) is 4.17. The largest absolute Gasteiger partial charge is 0.376 e. The Morgan fingerprint density at radius 1 is 1.07 bits per heavy atom. The van der Waals surface area contributed by atoms with Crippen LogP contribution in [0.4, 0.5) is 22.9 Å². The lowest BCUT2D eigenvalue weighted by Gasteiger charge is -2.13. The Kier molecular flexibility index (Phi) is 5.00. The van der Waals surface area contributed by atoms with E-state index in [1.54, 1.807) is 44.3 Å². The van der Waals surface area contributed by atoms with Gasteiger partial charge in [-0.1, -0.05) is 0 Å². The first-order valence-corrected chi connectivity index (χ1v) is 9.66. The van der Waals surface area contributed by atoms with Gasteiger partial charge in [0.2, 0.25) is 0 Å². The molecule has 0 fully saturated rings. The fourth-order valence-electron chi connectivity index (χ4n) is 2.57. The molecule has 2 aromatic heterocycles. The zero-order valence-corrected chi connectivity index (χ0v) is 16.3. The molecular formula is C17H21N7O2S. The maximum atomic E-state index is 12.6. The molecular weight excluding hydrogens is 366 g/mol. The third-order valence-corrected chi connectivity index (χ3v) is 5.54. The van der Waals surface area contributed by atoms with Crippen LogP contribution in [0.25, 0.3) is 0 Å². The Hall–Kier alpha value is -3.14. The Balaban J connectivity index is 1.75. The van der Waals surface area contributed by atoms with Crippen LogP contribution >= 0.6 is 0 Å². The molecule has 0 spiro atoms. The molecule has 0 atom stereocenters. The van der Waals surface area contributed by atoms with E-state index in [0.29, 0.717) is 22.9 Å². The van der Waals surface area contributed by atoms with Gasteiger partial charge in [-0.05, 0) is 38.1 Å². The van der Waals surface area contributed by atoms with Crippen LogP contribution in [0, 0.1) is 13.8 Å². The van der Waals surface area contributed by atoms with Crippen LogP contribution in [0.3, 0.4) is 0 Å². The summed E-state index contributed by atoms with van der Waals surface area (Å²) in [6.07, 6.45) is 1.67. The fourth-order valence-corrected chi connectivity index (χ4v) is 4.01. The number of aromatic amines is 1. The first-order valence-electron chi connectivity index (χ1n) is 8.18. The van der Waals surface area contributed by atoms with Crippen LogP contribution in [0.1, 0.15) is 11.4 Å². The van der Waals surface area contributed by atoms with Gasteiger partial charge in [0.25, 0.3) is 10.0 Å². The molecule has 3 rings (SSSR count). The molecule has 0 bridgehead atoms. The molecule has 27 heavy (non-hydrogen) atoms. The predicted octanol–water partition coefficient (Wildman–Crippen LogP) is 2.43. The van der Waals surface area contributed by atoms with E-state index in [9.17, 15) is 8.42 Å². The molecule has 1 aromatic carbocycles. The number of hydrogen-bond donors (Lipinski definition) is 3. The van der Waals surface area contributed by atoms with E-state index in [1.807, 2.05) is 25.1 Å². The smallest absolute Gasteiger partial charge is 0.265 e. The monoisotopic (exact) mass is 387 g/mol. The summed E-state index contributed by atoms with van der Waals surface area (Å²) < 4.78 is 27.7. The van der Waals surface area contributed by atoms with E-state index in [4.69, 9.17) is 0 Å². The van der Waals surface area contributed by atoms with E-state index in [-0.39, 0.29) is 4.90 Å². The molecule has 9 nitrogen and oxygen atoms in total. The Labute approximate surface area is 157 Å². The summed E-state index contributed by atoms with van der Waals surface area (Å²) in [7, 11) is 0.133. The second-order valence-corrected chi connectivity index (χ2v) is 7.88. The van der Waals surface area contributed by atoms with E-state index in [0.717, 1.165) is 11.4 Å². The number of rotatable bonds is 6. The van der Waals surface area contributed by atoms with Crippen LogP contribution in [0.5, 0.6) is 0 Å². The highest BCUT2D eigenvalue weighted by atomic mass is 32.2. The van der Waals surface area contributed by atoms with Gasteiger partial charge in [0.15, 0.2) is 5.82 Å². The van der Waals surface area contributed by atoms with Crippen molar-refractivity contribution in [2.75, 3.05) is 29.0 Å². The minimum Gasteiger partial charge on any atom is -0.376 e. The van der Waals surface area contributed by atoms with Crippen LogP contribution in [0.2, 0.25) is 0 Å². The standard InChI is InChI=1S/C17H21N7O2S/c1-11-17(12(2)21-20-11)27(25,26)23-14-7-5-13(6-8-14)19-16-9-15(24(3)4)10-18-22-16/h5-10,23H,1-4H3,(H,19,22)(H,20,21). The Morgan fingerprint density at radius 2 is 1.74 bits per heavy atom. The molecule has 0 saturated carbocycles. The summed E-state index contributed by atoms with van der Waals surface area (Å²) in [6, 6.07) is 8.74. The Bertz CT molecular complexity index is 1020. The summed E-state index contributed by atoms with van der Waals surface area (Å²) in [4.78, 5) is 2.10. The number of benzene rings is 1. The maximum Gasteiger partial charge on any atom is 0.265 e. The molecule has 2 heterocycles. The summed E-state index contributed by atoms with van der Waals surface area (Å²) in [5.41, 5.74) is 3.06. The SMILES string of the molecule is Cc1n[nH]c(C)c1S(=O)(=O)Nc1ccc(Nc2cc(N(C)C)cnn2)cc1. The van der Waals surface area contributed by atoms with Crippen molar-refractivity contribution in [3.8, 4) is 0 Å². The molecule has 0 aliphatic carbocycles. The lowest BCUT2D eigenvalue weighted by atomic mass is 10.3. The highest BCUT2D eigenvalue weighted by molar-refractivity contribution is 7.92. The van der Waals surface area contributed by atoms with E-state index >= 15 is 0 Å². The first-order chi connectivity index (χ1) is 12.8. The van der Waals surface area contributed by atoms with Gasteiger partial charge >= 0.3 is 0 Å². The molecule has 0 aliphatic rings. The lowest BCUT2D eigenvalue weighted by molar-refractivity contribution is 0.600. The minimum atomic E-state index is -3.71. The molecule has 10 heteroatoms. The van der Waals surface area contributed by atoms with Crippen molar-refractivity contribution in [2.45, 2.75) is 18.7 Å². The van der Waals surface area contributed by atoms with E-state index < -0.39 is 10.0 Å². The predicted molar refractivity (Wildman–Crippen MR) is 105 cm³/mol. The average molecular weight is 387 g/mol. The number of nitrogens with zero attached hydrogens (tertiary/aromatic N) is 4. The van der Waals surface area contributed by atoms with Gasteiger partial charge in [0.05, 0.1) is 23.3 Å². The van der Waals surface area contributed by atoms with Gasteiger partial charge in [-0.2, -0.15) is 10.2 Å². The van der Waals surface area contributed by atoms with Gasteiger partial charge in [-0.15, -0.1) is 5.10 Å². The average Bonchev–Trinajstić information content (AvgIpc) is 2.96. The zero-order valence-electron chi connectivity index (χ0n) is 15.5. The number of aromatic nitrogens is 4. The van der Waals surface area contributed by atoms with Gasteiger partial charge < -0.3 is 10.2 Å². The Morgan fingerprint density at radius 3 is 2.33 bits per heavy atom. The van der Waals surface area contributed by atoms with Gasteiger partial charge in [-0.25, -0.2) is 8.42 Å². The number of hydrogen-bond acceptors (Lipinski definition) is 7. The lowest BCUT2D eigenvalue weighted by Crippen LogP contribution is -2.14. The van der Waals surface area contributed by atoms with Crippen molar-refractivity contribution < 1.29 is 8.42 Å². The highest BCUT2D eigenvalue weighted by Gasteiger charge is 2.22. The van der Waals surface area contributed by atoms with Gasteiger partial charge in [0, 0.05) is 31.5 Å². The quantitative estimate of drug-likeness (QED) is 0.595. The zero-order chi connectivity index (χ0) is 19.6. The molecule has 3 N–H and O–H groups in total. The fraction of sp³-hybridized carbons (Fsp3) is 0.235. The number of H-pyrrole nitrogens is 1. The van der Waals surface area contributed by atoms with Crippen molar-refractivity contribution >= 4 is 32.9 Å². The molecule has 0 unspecified atom stereocenters. The van der Waals surface area contributed by atoms with Gasteiger partial charge in [-0.3, -0.25) is 9.82 Å². The first kappa shape index (κ1) is 18.6. The third-order valence-electron chi connectivity index (χ3n) is 3.90. The molecule has 0 amide bonds. The molecule has 0 aliphatic heterocycles. The van der Waals surface area contributed by atoms with Crippen LogP contribution in [-0.2, 0) is 10.0 Å². The van der Waals surface area contributed by atoms with Crippen molar-refractivity contribution in [3.05, 3.63) is 47.9 Å². The maximum absolute atomic E-state index is 12.6. The van der Waals surface area contributed by atoms with Gasteiger partial charge in [0.1, 0.15) is 4.90 Å². The number of sulfonamides is 1. The number of aryl methyl sites for hydroxylation is 2. The van der Waals surface area contributed by atoms with Crippen LogP contribution in [0.15, 0.2) is 41.4 Å². The summed E-state index contributed by atoms with van der Waals surface area (Å²) in [5, 5.41) is 17.8. The highest BCUT2D eigenvalue weighted by Crippen LogP contribution is 2.23. The van der Waals surface area contributed by atoms with Crippen LogP contribution < -0.4 is 14.9 Å². The summed E-state index contributed by atoms with van der Waals surface area (Å²) in [5.74, 6) is 0.596. The molecule has 0 saturated heterocycles. The van der Waals surface area contributed by atoms with Crippen LogP contribution in [-0.4, -0.2) is 42.9 Å². The van der Waals surface area contributed by atoms with Crippen molar-refractivity contribution in [2.24, 2.45) is 0 Å². The number of nitrogens with one attached hydrogen (secondary N) is 3. The van der Waals surface area contributed by atoms with Crippen molar-refractivity contribution in [1.82, 2.24) is 20.4 Å². The van der Waals surface area contributed by atoms with Crippen molar-refractivity contribution in [3.63, 3.8) is 0 Å². The number of anilines is 4. The normalized spacial score (nSPS) is 11.3. The molecule has 0 radical (unpaired) electrons. The molecule has 142 valence electrons. The van der Waals surface area contributed by atoms with Crippen molar-refractivity contribution in [1.29, 1.82) is 0 Å². The summed E-state index contributed by atoms with van der Waals surface area (Å²) in [6.45, 7) is 3.32. The molecule has 3 aromatic rings. The second kappa shape index (κ2) is 7.23. The summed E-state index contributed by atoms with van der Waals surface area (Å²) >= 11 is 0.